The molecule has 10 heteroatoms. The molecule has 0 radical (unpaired) electrons. The fourth-order valence-electron chi connectivity index (χ4n) is 10.2. The summed E-state index contributed by atoms with van der Waals surface area (Å²) in [5, 5.41) is 3.07. The first-order chi connectivity index (χ1) is 38.9. The number of phosphoric ester groups is 1. The number of phosphoric acid groups is 1. The number of unbranched alkanes of at least 4 members (excludes halogenated alkanes) is 41. The Balaban J connectivity index is 5.11. The van der Waals surface area contributed by atoms with Crippen LogP contribution in [0.15, 0.2) is 48.6 Å². The summed E-state index contributed by atoms with van der Waals surface area (Å²) >= 11 is 0. The Morgan fingerprint density at radius 2 is 0.762 bits per heavy atom. The van der Waals surface area contributed by atoms with E-state index >= 15 is 0 Å². The molecule has 1 amide bonds. The van der Waals surface area contributed by atoms with E-state index in [-0.39, 0.29) is 31.5 Å². The van der Waals surface area contributed by atoms with Crippen LogP contribution in [0.25, 0.3) is 0 Å². The Hall–Kier alpha value is -2.03. The molecule has 0 heterocycles. The molecule has 0 aliphatic carbocycles. The van der Waals surface area contributed by atoms with Crippen LogP contribution in [-0.4, -0.2) is 74.3 Å². The lowest BCUT2D eigenvalue weighted by molar-refractivity contribution is -0.870. The van der Waals surface area contributed by atoms with E-state index in [1.165, 1.54) is 231 Å². The Kier molecular flexibility index (Phi) is 58.6. The van der Waals surface area contributed by atoms with Crippen LogP contribution in [0.1, 0.15) is 335 Å². The first-order valence-corrected chi connectivity index (χ1v) is 36.0. The van der Waals surface area contributed by atoms with Crippen LogP contribution in [0, 0.1) is 0 Å². The van der Waals surface area contributed by atoms with Crippen LogP contribution in [0.2, 0.25) is 0 Å². The van der Waals surface area contributed by atoms with Crippen LogP contribution >= 0.6 is 7.82 Å². The molecule has 9 nitrogen and oxygen atoms in total. The standard InChI is InChI=1S/C70H133N2O7P/c1-7-10-13-16-19-22-25-28-30-32-34-35-36-37-39-41-43-45-48-51-54-57-60-63-70(74)79-68(61-58-55-52-49-46-27-24-21-18-15-12-9-3)67(66-78-80(75,76)77-65-64-72(4,5)6)71-69(73)62-59-56-53-50-47-44-42-40-38-33-31-29-26-23-20-17-14-11-8-2/h19,22,28,30,34-35,58,61,67-68H,7-18,20-21,23-27,29,31-33,36-57,59-60,62-66H2,1-6H3,(H-,71,73,75,76)/p+1/b22-19-,30-28-,35-34-,61-58+. The molecule has 0 aromatic heterocycles. The van der Waals surface area contributed by atoms with E-state index < -0.39 is 20.0 Å². The molecule has 0 aliphatic rings. The third-order valence-corrected chi connectivity index (χ3v) is 16.5. The van der Waals surface area contributed by atoms with Gasteiger partial charge in [0.15, 0.2) is 0 Å². The number of hydrogen-bond donors (Lipinski definition) is 2. The van der Waals surface area contributed by atoms with E-state index in [1.54, 1.807) is 0 Å². The van der Waals surface area contributed by atoms with E-state index in [1.807, 2.05) is 33.3 Å². The topological polar surface area (TPSA) is 111 Å². The number of carbonyl (C=O) groups is 2. The molecule has 3 atom stereocenters. The third-order valence-electron chi connectivity index (χ3n) is 15.5. The summed E-state index contributed by atoms with van der Waals surface area (Å²) < 4.78 is 30.8. The number of likely N-dealkylation sites (N-methyl/N-ethyl adjacent to an activating group) is 1. The Labute approximate surface area is 497 Å². The van der Waals surface area contributed by atoms with Crippen molar-refractivity contribution in [3.8, 4) is 0 Å². The average Bonchev–Trinajstić information content (AvgIpc) is 3.43. The highest BCUT2D eigenvalue weighted by molar-refractivity contribution is 7.47. The van der Waals surface area contributed by atoms with Gasteiger partial charge in [-0.05, 0) is 70.3 Å². The van der Waals surface area contributed by atoms with E-state index in [4.69, 9.17) is 13.8 Å². The van der Waals surface area contributed by atoms with Crippen molar-refractivity contribution in [3.05, 3.63) is 48.6 Å². The summed E-state index contributed by atoms with van der Waals surface area (Å²) in [6.45, 7) is 7.03. The van der Waals surface area contributed by atoms with Crippen molar-refractivity contribution < 1.29 is 37.3 Å². The smallest absolute Gasteiger partial charge is 0.456 e. The van der Waals surface area contributed by atoms with E-state index in [2.05, 4.69) is 62.5 Å². The molecule has 0 aromatic carbocycles. The van der Waals surface area contributed by atoms with Gasteiger partial charge in [0.25, 0.3) is 0 Å². The van der Waals surface area contributed by atoms with Gasteiger partial charge in [-0.3, -0.25) is 18.6 Å². The molecule has 3 unspecified atom stereocenters. The highest BCUT2D eigenvalue weighted by atomic mass is 31.2. The maximum atomic E-state index is 13.6. The molecule has 80 heavy (non-hydrogen) atoms. The molecule has 0 saturated carbocycles. The number of quaternary nitrogens is 1. The second kappa shape index (κ2) is 60.1. The van der Waals surface area contributed by atoms with Crippen LogP contribution in [-0.2, 0) is 27.9 Å². The van der Waals surface area contributed by atoms with Crippen molar-refractivity contribution in [1.29, 1.82) is 0 Å². The maximum absolute atomic E-state index is 13.6. The van der Waals surface area contributed by atoms with Crippen molar-refractivity contribution in [1.82, 2.24) is 5.32 Å². The highest BCUT2D eigenvalue weighted by Crippen LogP contribution is 2.43. The molecule has 0 rings (SSSR count). The molecular weight excluding hydrogens is 1010 g/mol. The maximum Gasteiger partial charge on any atom is 0.472 e. The number of allylic oxidation sites excluding steroid dienone is 7. The van der Waals surface area contributed by atoms with Gasteiger partial charge in [0, 0.05) is 12.8 Å². The SMILES string of the molecule is CCCCC/C=C\C/C=C\C/C=C\CCCCCCCCCCCCC(=O)OC(/C=C/CCCCCCCCCCCC)C(COP(=O)(O)OCC[N+](C)(C)C)NC(=O)CCCCCCCCCCCCCCCCCCCCC. The first kappa shape index (κ1) is 78.0. The quantitative estimate of drug-likeness (QED) is 0.0205. The van der Waals surface area contributed by atoms with Gasteiger partial charge in [-0.25, -0.2) is 4.57 Å². The zero-order valence-corrected chi connectivity index (χ0v) is 54.7. The normalized spacial score (nSPS) is 13.8. The Morgan fingerprint density at radius 3 is 1.16 bits per heavy atom. The Morgan fingerprint density at radius 1 is 0.438 bits per heavy atom. The van der Waals surface area contributed by atoms with Gasteiger partial charge in [0.05, 0.1) is 33.8 Å². The lowest BCUT2D eigenvalue weighted by Crippen LogP contribution is -2.47. The number of amides is 1. The minimum Gasteiger partial charge on any atom is -0.456 e. The summed E-state index contributed by atoms with van der Waals surface area (Å²) in [7, 11) is 1.51. The number of esters is 1. The monoisotopic (exact) mass is 1150 g/mol. The van der Waals surface area contributed by atoms with Gasteiger partial charge in [-0.15, -0.1) is 0 Å². The second-order valence-electron chi connectivity index (χ2n) is 24.7. The van der Waals surface area contributed by atoms with Gasteiger partial charge in [-0.2, -0.15) is 0 Å². The number of carbonyl (C=O) groups excluding carboxylic acids is 2. The number of rotatable bonds is 63. The first-order valence-electron chi connectivity index (χ1n) is 34.5. The lowest BCUT2D eigenvalue weighted by Gasteiger charge is -2.27. The van der Waals surface area contributed by atoms with Crippen LogP contribution in [0.5, 0.6) is 0 Å². The van der Waals surface area contributed by atoms with Crippen molar-refractivity contribution in [3.63, 3.8) is 0 Å². The summed E-state index contributed by atoms with van der Waals surface area (Å²) in [5.74, 6) is -0.494. The van der Waals surface area contributed by atoms with Crippen molar-refractivity contribution in [2.24, 2.45) is 0 Å². The van der Waals surface area contributed by atoms with E-state index in [0.717, 1.165) is 70.6 Å². The van der Waals surface area contributed by atoms with E-state index in [9.17, 15) is 19.0 Å². The fourth-order valence-corrected chi connectivity index (χ4v) is 10.9. The zero-order chi connectivity index (χ0) is 58.6. The molecule has 0 spiro atoms. The minimum atomic E-state index is -4.45. The van der Waals surface area contributed by atoms with Gasteiger partial charge in [0.2, 0.25) is 5.91 Å². The minimum absolute atomic E-state index is 0.0413. The largest absolute Gasteiger partial charge is 0.472 e. The predicted octanol–water partition coefficient (Wildman–Crippen LogP) is 21.6. The molecule has 0 aromatic rings. The summed E-state index contributed by atoms with van der Waals surface area (Å²) in [6, 6.07) is -0.848. The van der Waals surface area contributed by atoms with Crippen LogP contribution in [0.4, 0.5) is 0 Å². The van der Waals surface area contributed by atoms with Crippen LogP contribution in [0.3, 0.4) is 0 Å². The van der Waals surface area contributed by atoms with Gasteiger partial charge < -0.3 is 19.4 Å². The molecule has 2 N–H and O–H groups in total. The third kappa shape index (κ3) is 60.6. The number of nitrogens with zero attached hydrogens (tertiary/aromatic N) is 1. The number of nitrogens with one attached hydrogen (secondary N) is 1. The lowest BCUT2D eigenvalue weighted by atomic mass is 10.0. The molecule has 0 saturated heterocycles. The van der Waals surface area contributed by atoms with E-state index in [0.29, 0.717) is 17.4 Å². The number of ether oxygens (including phenoxy) is 1. The van der Waals surface area contributed by atoms with Gasteiger partial charge in [0.1, 0.15) is 19.3 Å². The molecule has 0 fully saturated rings. The van der Waals surface area contributed by atoms with Crippen LogP contribution < -0.4 is 5.32 Å². The van der Waals surface area contributed by atoms with Gasteiger partial charge in [-0.1, -0.05) is 301 Å². The van der Waals surface area contributed by atoms with Crippen molar-refractivity contribution in [2.75, 3.05) is 40.9 Å². The second-order valence-corrected chi connectivity index (χ2v) is 26.2. The Bertz CT molecular complexity index is 1510. The van der Waals surface area contributed by atoms with Gasteiger partial charge >= 0.3 is 13.8 Å². The summed E-state index contributed by atoms with van der Waals surface area (Å²) in [6.07, 6.45) is 75.4. The van der Waals surface area contributed by atoms with Crippen molar-refractivity contribution in [2.45, 2.75) is 348 Å². The summed E-state index contributed by atoms with van der Waals surface area (Å²) in [5.41, 5.74) is 0. The van der Waals surface area contributed by atoms with Crippen molar-refractivity contribution >= 4 is 19.7 Å². The fraction of sp³-hybridized carbons (Fsp3) is 0.857. The predicted molar refractivity (Wildman–Crippen MR) is 346 cm³/mol. The molecule has 470 valence electrons. The molecule has 0 bridgehead atoms. The highest BCUT2D eigenvalue weighted by Gasteiger charge is 2.30. The number of hydrogen-bond acceptors (Lipinski definition) is 6. The molecular formula is C70H134N2O7P+. The zero-order valence-electron chi connectivity index (χ0n) is 53.8. The average molecular weight is 1150 g/mol. The molecule has 0 aliphatic heterocycles. The summed E-state index contributed by atoms with van der Waals surface area (Å²) in [4.78, 5) is 37.8.